The van der Waals surface area contributed by atoms with Crippen LogP contribution in [-0.2, 0) is 16.0 Å². The van der Waals surface area contributed by atoms with E-state index in [0.29, 0.717) is 12.0 Å². The van der Waals surface area contributed by atoms with Crippen LogP contribution in [0.3, 0.4) is 0 Å². The van der Waals surface area contributed by atoms with E-state index < -0.39 is 18.5 Å². The zero-order valence-electron chi connectivity index (χ0n) is 11.2. The van der Waals surface area contributed by atoms with Gasteiger partial charge >= 0.3 is 5.97 Å². The molecule has 0 aliphatic carbocycles. The third-order valence-electron chi connectivity index (χ3n) is 2.73. The summed E-state index contributed by atoms with van der Waals surface area (Å²) >= 11 is 0. The zero-order valence-corrected chi connectivity index (χ0v) is 11.2. The van der Waals surface area contributed by atoms with Gasteiger partial charge in [-0.2, -0.15) is 0 Å². The van der Waals surface area contributed by atoms with E-state index in [-0.39, 0.29) is 18.1 Å². The molecule has 1 heterocycles. The third kappa shape index (κ3) is 4.45. The Morgan fingerprint density at radius 2 is 2.00 bits per heavy atom. The van der Waals surface area contributed by atoms with Crippen LogP contribution in [0.2, 0.25) is 0 Å². The predicted octanol–water partition coefficient (Wildman–Crippen LogP) is 1.93. The van der Waals surface area contributed by atoms with Crippen LogP contribution in [0.1, 0.15) is 16.1 Å². The van der Waals surface area contributed by atoms with Crippen LogP contribution in [0, 0.1) is 5.82 Å². The van der Waals surface area contributed by atoms with Crippen molar-refractivity contribution in [3.05, 3.63) is 59.8 Å². The van der Waals surface area contributed by atoms with E-state index in [4.69, 9.17) is 9.15 Å². The largest absolute Gasteiger partial charge is 0.457 e. The SMILES string of the molecule is O=C(COC(=O)c1ccco1)NCCc1ccccc1F. The Bertz CT molecular complexity index is 610. The monoisotopic (exact) mass is 291 g/mol. The summed E-state index contributed by atoms with van der Waals surface area (Å²) in [7, 11) is 0. The molecule has 0 aliphatic rings. The molecule has 0 unspecified atom stereocenters. The molecule has 5 nitrogen and oxygen atoms in total. The summed E-state index contributed by atoms with van der Waals surface area (Å²) in [6, 6.07) is 9.33. The minimum absolute atomic E-state index is 0.0363. The maximum atomic E-state index is 13.3. The first kappa shape index (κ1) is 14.8. The van der Waals surface area contributed by atoms with E-state index in [1.807, 2.05) is 0 Å². The molecule has 1 aromatic carbocycles. The maximum Gasteiger partial charge on any atom is 0.374 e. The summed E-state index contributed by atoms with van der Waals surface area (Å²) in [5, 5.41) is 2.55. The summed E-state index contributed by atoms with van der Waals surface area (Å²) in [6.07, 6.45) is 1.70. The average Bonchev–Trinajstić information content (AvgIpc) is 3.01. The Morgan fingerprint density at radius 3 is 2.71 bits per heavy atom. The molecule has 1 aromatic heterocycles. The number of amides is 1. The molecule has 110 valence electrons. The van der Waals surface area contributed by atoms with E-state index >= 15 is 0 Å². The first-order chi connectivity index (χ1) is 10.2. The molecule has 0 radical (unpaired) electrons. The topological polar surface area (TPSA) is 68.5 Å². The number of halogens is 1. The summed E-state index contributed by atoms with van der Waals surface area (Å²) in [5.41, 5.74) is 0.519. The van der Waals surface area contributed by atoms with E-state index in [9.17, 15) is 14.0 Å². The van der Waals surface area contributed by atoms with Crippen LogP contribution >= 0.6 is 0 Å². The summed E-state index contributed by atoms with van der Waals surface area (Å²) in [5.74, 6) is -1.43. The van der Waals surface area contributed by atoms with Gasteiger partial charge < -0.3 is 14.5 Å². The Morgan fingerprint density at radius 1 is 1.19 bits per heavy atom. The predicted molar refractivity (Wildman–Crippen MR) is 72.1 cm³/mol. The molecule has 1 amide bonds. The first-order valence-corrected chi connectivity index (χ1v) is 6.37. The number of carbonyl (C=O) groups excluding carboxylic acids is 2. The number of ether oxygens (including phenoxy) is 1. The van der Waals surface area contributed by atoms with Crippen molar-refractivity contribution in [3.63, 3.8) is 0 Å². The number of rotatable bonds is 6. The highest BCUT2D eigenvalue weighted by molar-refractivity contribution is 5.88. The van der Waals surface area contributed by atoms with Crippen molar-refractivity contribution in [3.8, 4) is 0 Å². The van der Waals surface area contributed by atoms with E-state index in [1.165, 1.54) is 18.4 Å². The van der Waals surface area contributed by atoms with Crippen LogP contribution in [0.25, 0.3) is 0 Å². The molecule has 6 heteroatoms. The molecule has 2 rings (SSSR count). The van der Waals surface area contributed by atoms with Gasteiger partial charge in [-0.1, -0.05) is 18.2 Å². The molecule has 0 saturated heterocycles. The highest BCUT2D eigenvalue weighted by atomic mass is 19.1. The van der Waals surface area contributed by atoms with Gasteiger partial charge in [0.2, 0.25) is 5.76 Å². The highest BCUT2D eigenvalue weighted by Gasteiger charge is 2.12. The smallest absolute Gasteiger partial charge is 0.374 e. The number of carbonyl (C=O) groups is 2. The molecular weight excluding hydrogens is 277 g/mol. The standard InChI is InChI=1S/C15H14FNO4/c16-12-5-2-1-4-11(12)7-8-17-14(18)10-21-15(19)13-6-3-9-20-13/h1-6,9H,7-8,10H2,(H,17,18). The number of nitrogens with one attached hydrogen (secondary N) is 1. The van der Waals surface area contributed by atoms with E-state index in [2.05, 4.69) is 5.32 Å². The lowest BCUT2D eigenvalue weighted by Crippen LogP contribution is -2.30. The minimum Gasteiger partial charge on any atom is -0.457 e. The molecular formula is C15H14FNO4. The van der Waals surface area contributed by atoms with Gasteiger partial charge in [-0.3, -0.25) is 4.79 Å². The molecule has 0 aliphatic heterocycles. The molecule has 21 heavy (non-hydrogen) atoms. The fourth-order valence-electron chi connectivity index (χ4n) is 1.69. The lowest BCUT2D eigenvalue weighted by atomic mass is 10.1. The lowest BCUT2D eigenvalue weighted by molar-refractivity contribution is -0.124. The number of esters is 1. The lowest BCUT2D eigenvalue weighted by Gasteiger charge is -2.06. The van der Waals surface area contributed by atoms with Crippen LogP contribution < -0.4 is 5.32 Å². The second kappa shape index (κ2) is 7.23. The quantitative estimate of drug-likeness (QED) is 0.826. The third-order valence-corrected chi connectivity index (χ3v) is 2.73. The summed E-state index contributed by atoms with van der Waals surface area (Å²) in [4.78, 5) is 22.9. The second-order valence-corrected chi connectivity index (χ2v) is 4.24. The highest BCUT2D eigenvalue weighted by Crippen LogP contribution is 2.06. The van der Waals surface area contributed by atoms with Crippen molar-refractivity contribution >= 4 is 11.9 Å². The van der Waals surface area contributed by atoms with Gasteiger partial charge in [0, 0.05) is 6.54 Å². The van der Waals surface area contributed by atoms with Gasteiger partial charge in [-0.15, -0.1) is 0 Å². The number of hydrogen-bond acceptors (Lipinski definition) is 4. The number of furan rings is 1. The maximum absolute atomic E-state index is 13.3. The van der Waals surface area contributed by atoms with Gasteiger partial charge in [0.1, 0.15) is 5.82 Å². The van der Waals surface area contributed by atoms with Crippen LogP contribution in [0.5, 0.6) is 0 Å². The fourth-order valence-corrected chi connectivity index (χ4v) is 1.69. The van der Waals surface area contributed by atoms with Crippen molar-refractivity contribution in [2.45, 2.75) is 6.42 Å². The van der Waals surface area contributed by atoms with Gasteiger partial charge in [0.05, 0.1) is 6.26 Å². The van der Waals surface area contributed by atoms with Crippen molar-refractivity contribution in [2.24, 2.45) is 0 Å². The molecule has 0 bridgehead atoms. The van der Waals surface area contributed by atoms with Gasteiger partial charge in [-0.05, 0) is 30.2 Å². The second-order valence-electron chi connectivity index (χ2n) is 4.24. The summed E-state index contributed by atoms with van der Waals surface area (Å²) in [6.45, 7) is -0.144. The Hall–Kier alpha value is -2.63. The zero-order chi connectivity index (χ0) is 15.1. The average molecular weight is 291 g/mol. The van der Waals surface area contributed by atoms with Gasteiger partial charge in [0.15, 0.2) is 6.61 Å². The number of hydrogen-bond donors (Lipinski definition) is 1. The van der Waals surface area contributed by atoms with Crippen LogP contribution in [-0.4, -0.2) is 25.0 Å². The molecule has 0 atom stereocenters. The van der Waals surface area contributed by atoms with Crippen molar-refractivity contribution in [2.75, 3.05) is 13.2 Å². The van der Waals surface area contributed by atoms with Crippen molar-refractivity contribution in [1.29, 1.82) is 0 Å². The summed E-state index contributed by atoms with van der Waals surface area (Å²) < 4.78 is 22.9. The normalized spacial score (nSPS) is 10.1. The van der Waals surface area contributed by atoms with Gasteiger partial charge in [0.25, 0.3) is 5.91 Å². The Balaban J connectivity index is 1.68. The molecule has 0 fully saturated rings. The molecule has 2 aromatic rings. The Labute approximate surface area is 120 Å². The fraction of sp³-hybridized carbons (Fsp3) is 0.200. The van der Waals surface area contributed by atoms with Gasteiger partial charge in [-0.25, -0.2) is 9.18 Å². The molecule has 1 N–H and O–H groups in total. The molecule has 0 spiro atoms. The first-order valence-electron chi connectivity index (χ1n) is 6.37. The van der Waals surface area contributed by atoms with E-state index in [0.717, 1.165) is 0 Å². The van der Waals surface area contributed by atoms with E-state index in [1.54, 1.807) is 24.3 Å². The van der Waals surface area contributed by atoms with Crippen LogP contribution in [0.15, 0.2) is 47.1 Å². The number of benzene rings is 1. The van der Waals surface area contributed by atoms with Crippen LogP contribution in [0.4, 0.5) is 4.39 Å². The van der Waals surface area contributed by atoms with Crippen molar-refractivity contribution < 1.29 is 23.1 Å². The minimum atomic E-state index is -0.704. The Kier molecular flexibility index (Phi) is 5.09. The molecule has 0 saturated carbocycles. The van der Waals surface area contributed by atoms with Crippen molar-refractivity contribution in [1.82, 2.24) is 5.32 Å².